The molecule has 0 bridgehead atoms. The van der Waals surface area contributed by atoms with Crippen LogP contribution in [0.25, 0.3) is 0 Å². The van der Waals surface area contributed by atoms with Gasteiger partial charge in [-0.25, -0.2) is 0 Å². The Labute approximate surface area is 185 Å². The number of esters is 1. The van der Waals surface area contributed by atoms with E-state index in [1.807, 2.05) is 60.7 Å². The maximum atomic E-state index is 12.8. The summed E-state index contributed by atoms with van der Waals surface area (Å²) in [7, 11) is 0. The lowest BCUT2D eigenvalue weighted by molar-refractivity contribution is -0.149. The van der Waals surface area contributed by atoms with Crippen LogP contribution in [0.5, 0.6) is 5.75 Å². The SMILES string of the molecule is O=C(COC(=O)C(c1ccccc1)c1ccccc1)NCCc1ccc(OC(F)F)cc1. The second-order valence-corrected chi connectivity index (χ2v) is 6.98. The molecule has 0 aliphatic rings. The maximum Gasteiger partial charge on any atom is 0.387 e. The minimum Gasteiger partial charge on any atom is -0.455 e. The van der Waals surface area contributed by atoms with Crippen LogP contribution in [-0.4, -0.2) is 31.6 Å². The van der Waals surface area contributed by atoms with Crippen LogP contribution >= 0.6 is 0 Å². The molecule has 166 valence electrons. The highest BCUT2D eigenvalue weighted by atomic mass is 19.3. The topological polar surface area (TPSA) is 64.6 Å². The molecule has 0 aromatic heterocycles. The average Bonchev–Trinajstić information content (AvgIpc) is 2.80. The standard InChI is InChI=1S/C25H23F2NO4/c26-25(27)32-21-13-11-18(12-14-21)15-16-28-22(29)17-31-24(30)23(19-7-3-1-4-8-19)20-9-5-2-6-10-20/h1-14,23,25H,15-17H2,(H,28,29). The first kappa shape index (κ1) is 22.9. The van der Waals surface area contributed by atoms with Crippen LogP contribution in [0.3, 0.4) is 0 Å². The summed E-state index contributed by atoms with van der Waals surface area (Å²) in [5.74, 6) is -1.48. The molecule has 5 nitrogen and oxygen atoms in total. The van der Waals surface area contributed by atoms with Crippen LogP contribution in [0, 0.1) is 0 Å². The Bertz CT molecular complexity index is 956. The third kappa shape index (κ3) is 6.91. The molecule has 32 heavy (non-hydrogen) atoms. The number of rotatable bonds is 10. The fourth-order valence-corrected chi connectivity index (χ4v) is 3.21. The first-order chi connectivity index (χ1) is 15.5. The fraction of sp³-hybridized carbons (Fsp3) is 0.200. The molecule has 0 radical (unpaired) electrons. The number of halogens is 2. The minimum absolute atomic E-state index is 0.0751. The van der Waals surface area contributed by atoms with E-state index in [2.05, 4.69) is 10.1 Å². The van der Waals surface area contributed by atoms with E-state index in [0.29, 0.717) is 13.0 Å². The number of carbonyl (C=O) groups is 2. The highest BCUT2D eigenvalue weighted by Gasteiger charge is 2.24. The van der Waals surface area contributed by atoms with Crippen molar-refractivity contribution in [2.75, 3.05) is 13.2 Å². The summed E-state index contributed by atoms with van der Waals surface area (Å²) in [5.41, 5.74) is 2.41. The molecule has 0 saturated carbocycles. The largest absolute Gasteiger partial charge is 0.455 e. The molecule has 0 fully saturated rings. The van der Waals surface area contributed by atoms with Gasteiger partial charge in [-0.15, -0.1) is 0 Å². The van der Waals surface area contributed by atoms with Crippen LogP contribution in [0.2, 0.25) is 0 Å². The molecule has 0 saturated heterocycles. The highest BCUT2D eigenvalue weighted by molar-refractivity contribution is 5.85. The van der Waals surface area contributed by atoms with Crippen molar-refractivity contribution in [1.29, 1.82) is 0 Å². The number of hydrogen-bond donors (Lipinski definition) is 1. The van der Waals surface area contributed by atoms with Gasteiger partial charge in [0, 0.05) is 6.54 Å². The van der Waals surface area contributed by atoms with Gasteiger partial charge in [0.05, 0.1) is 0 Å². The van der Waals surface area contributed by atoms with Crippen molar-refractivity contribution in [3.63, 3.8) is 0 Å². The number of amides is 1. The molecule has 0 spiro atoms. The molecule has 0 heterocycles. The predicted octanol–water partition coefficient (Wildman–Crippen LogP) is 4.32. The number of hydrogen-bond acceptors (Lipinski definition) is 4. The zero-order chi connectivity index (χ0) is 22.8. The number of alkyl halides is 2. The number of benzene rings is 3. The quantitative estimate of drug-likeness (QED) is 0.478. The first-order valence-electron chi connectivity index (χ1n) is 10.1. The van der Waals surface area contributed by atoms with E-state index >= 15 is 0 Å². The van der Waals surface area contributed by atoms with Crippen molar-refractivity contribution in [2.45, 2.75) is 19.0 Å². The molecular weight excluding hydrogens is 416 g/mol. The molecule has 0 aliphatic carbocycles. The number of nitrogens with one attached hydrogen (secondary N) is 1. The normalized spacial score (nSPS) is 10.8. The van der Waals surface area contributed by atoms with Crippen molar-refractivity contribution < 1.29 is 27.8 Å². The van der Waals surface area contributed by atoms with Crippen LogP contribution in [0.15, 0.2) is 84.9 Å². The van der Waals surface area contributed by atoms with Crippen molar-refractivity contribution in [2.24, 2.45) is 0 Å². The Morgan fingerprint density at radius 2 is 1.38 bits per heavy atom. The summed E-state index contributed by atoms with van der Waals surface area (Å²) in [5, 5.41) is 2.68. The molecule has 1 N–H and O–H groups in total. The number of carbonyl (C=O) groups excluding carboxylic acids is 2. The van der Waals surface area contributed by atoms with Crippen LogP contribution < -0.4 is 10.1 Å². The van der Waals surface area contributed by atoms with Crippen molar-refractivity contribution in [3.8, 4) is 5.75 Å². The first-order valence-corrected chi connectivity index (χ1v) is 10.1. The lowest BCUT2D eigenvalue weighted by Crippen LogP contribution is -2.31. The van der Waals surface area contributed by atoms with E-state index in [-0.39, 0.29) is 5.75 Å². The smallest absolute Gasteiger partial charge is 0.387 e. The Kier molecular flexibility index (Phi) is 8.31. The van der Waals surface area contributed by atoms with Gasteiger partial charge in [-0.2, -0.15) is 8.78 Å². The van der Waals surface area contributed by atoms with E-state index in [9.17, 15) is 18.4 Å². The van der Waals surface area contributed by atoms with E-state index in [4.69, 9.17) is 4.74 Å². The van der Waals surface area contributed by atoms with Gasteiger partial charge in [0.25, 0.3) is 5.91 Å². The molecule has 1 amide bonds. The lowest BCUT2D eigenvalue weighted by Gasteiger charge is -2.17. The minimum atomic E-state index is -2.87. The van der Waals surface area contributed by atoms with Crippen LogP contribution in [-0.2, 0) is 20.7 Å². The van der Waals surface area contributed by atoms with Crippen molar-refractivity contribution in [1.82, 2.24) is 5.32 Å². The molecule has 7 heteroatoms. The predicted molar refractivity (Wildman–Crippen MR) is 115 cm³/mol. The zero-order valence-electron chi connectivity index (χ0n) is 17.2. The summed E-state index contributed by atoms with van der Waals surface area (Å²) in [6, 6.07) is 24.7. The zero-order valence-corrected chi connectivity index (χ0v) is 17.2. The molecule has 3 aromatic rings. The molecule has 0 aliphatic heterocycles. The molecule has 0 unspecified atom stereocenters. The fourth-order valence-electron chi connectivity index (χ4n) is 3.21. The van der Waals surface area contributed by atoms with Crippen molar-refractivity contribution in [3.05, 3.63) is 102 Å². The monoisotopic (exact) mass is 439 g/mol. The van der Waals surface area contributed by atoms with E-state index in [1.165, 1.54) is 12.1 Å². The maximum absolute atomic E-state index is 12.8. The van der Waals surface area contributed by atoms with Gasteiger partial charge in [0.1, 0.15) is 11.7 Å². The second-order valence-electron chi connectivity index (χ2n) is 6.98. The Balaban J connectivity index is 1.49. The summed E-state index contributed by atoms with van der Waals surface area (Å²) in [6.45, 7) is -2.95. The molecule has 0 atom stereocenters. The molecule has 3 aromatic carbocycles. The van der Waals surface area contributed by atoms with Gasteiger partial charge in [0.2, 0.25) is 0 Å². The van der Waals surface area contributed by atoms with Gasteiger partial charge >= 0.3 is 12.6 Å². The Hall–Kier alpha value is -3.74. The third-order valence-electron chi connectivity index (χ3n) is 4.73. The molecular formula is C25H23F2NO4. The van der Waals surface area contributed by atoms with Gasteiger partial charge in [-0.05, 0) is 35.2 Å². The van der Waals surface area contributed by atoms with E-state index in [0.717, 1.165) is 16.7 Å². The van der Waals surface area contributed by atoms with Gasteiger partial charge < -0.3 is 14.8 Å². The van der Waals surface area contributed by atoms with Crippen LogP contribution in [0.4, 0.5) is 8.78 Å². The van der Waals surface area contributed by atoms with Crippen LogP contribution in [0.1, 0.15) is 22.6 Å². The summed E-state index contributed by atoms with van der Waals surface area (Å²) < 4.78 is 33.9. The van der Waals surface area contributed by atoms with Gasteiger partial charge in [-0.1, -0.05) is 72.8 Å². The lowest BCUT2D eigenvalue weighted by atomic mass is 9.91. The van der Waals surface area contributed by atoms with E-state index < -0.39 is 31.0 Å². The Morgan fingerprint density at radius 3 is 1.91 bits per heavy atom. The summed E-state index contributed by atoms with van der Waals surface area (Å²) in [4.78, 5) is 24.9. The summed E-state index contributed by atoms with van der Waals surface area (Å²) >= 11 is 0. The van der Waals surface area contributed by atoms with Crippen molar-refractivity contribution >= 4 is 11.9 Å². The number of ether oxygens (including phenoxy) is 2. The third-order valence-corrected chi connectivity index (χ3v) is 4.73. The highest BCUT2D eigenvalue weighted by Crippen LogP contribution is 2.25. The van der Waals surface area contributed by atoms with Gasteiger partial charge in [0.15, 0.2) is 6.61 Å². The van der Waals surface area contributed by atoms with E-state index in [1.54, 1.807) is 12.1 Å². The van der Waals surface area contributed by atoms with Gasteiger partial charge in [-0.3, -0.25) is 9.59 Å². The summed E-state index contributed by atoms with van der Waals surface area (Å²) in [6.07, 6.45) is 0.491. The molecule has 3 rings (SSSR count). The average molecular weight is 439 g/mol. The Morgan fingerprint density at radius 1 is 0.812 bits per heavy atom. The second kappa shape index (κ2) is 11.6.